The van der Waals surface area contributed by atoms with Crippen LogP contribution in [0.25, 0.3) is 0 Å². The molecule has 1 aliphatic carbocycles. The zero-order valence-corrected chi connectivity index (χ0v) is 11.3. The maximum Gasteiger partial charge on any atom is 0.143 e. The molecule has 1 aromatic rings. The van der Waals surface area contributed by atoms with Gasteiger partial charge < -0.3 is 10.5 Å². The van der Waals surface area contributed by atoms with Gasteiger partial charge in [0.25, 0.3) is 0 Å². The van der Waals surface area contributed by atoms with Crippen LogP contribution >= 0.6 is 11.8 Å². The fourth-order valence-electron chi connectivity index (χ4n) is 2.32. The van der Waals surface area contributed by atoms with Gasteiger partial charge >= 0.3 is 0 Å². The highest BCUT2D eigenvalue weighted by molar-refractivity contribution is 7.99. The number of hydrogen-bond donors (Lipinski definition) is 1. The van der Waals surface area contributed by atoms with E-state index in [1.54, 1.807) is 0 Å². The minimum absolute atomic E-state index is 0.668. The van der Waals surface area contributed by atoms with Crippen LogP contribution in [0.1, 0.15) is 32.6 Å². The second-order valence-electron chi connectivity index (χ2n) is 4.56. The first kappa shape index (κ1) is 12.6. The van der Waals surface area contributed by atoms with E-state index in [-0.39, 0.29) is 0 Å². The molecule has 0 bridgehead atoms. The fraction of sp³-hybridized carbons (Fsp3) is 0.571. The maximum atomic E-state index is 6.11. The number of benzene rings is 1. The normalized spacial score (nSPS) is 16.3. The van der Waals surface area contributed by atoms with Crippen LogP contribution in [0.15, 0.2) is 23.1 Å². The van der Waals surface area contributed by atoms with E-state index in [0.717, 1.165) is 17.4 Å². The molecule has 0 unspecified atom stereocenters. The number of ether oxygens (including phenoxy) is 1. The monoisotopic (exact) mass is 251 g/mol. The lowest BCUT2D eigenvalue weighted by Gasteiger charge is -2.13. The van der Waals surface area contributed by atoms with Crippen LogP contribution < -0.4 is 10.5 Å². The smallest absolute Gasteiger partial charge is 0.143 e. The Morgan fingerprint density at radius 3 is 2.82 bits per heavy atom. The van der Waals surface area contributed by atoms with Gasteiger partial charge in [0.15, 0.2) is 0 Å². The topological polar surface area (TPSA) is 35.2 Å². The molecule has 0 amide bonds. The molecule has 1 aromatic carbocycles. The number of anilines is 1. The van der Waals surface area contributed by atoms with Gasteiger partial charge in [0.05, 0.1) is 12.3 Å². The van der Waals surface area contributed by atoms with Crippen LogP contribution in [0.4, 0.5) is 5.69 Å². The molecular weight excluding hydrogens is 230 g/mol. The summed E-state index contributed by atoms with van der Waals surface area (Å²) in [5.74, 6) is 2.90. The summed E-state index contributed by atoms with van der Waals surface area (Å²) in [6.07, 6.45) is 5.58. The lowest BCUT2D eigenvalue weighted by atomic mass is 10.1. The van der Waals surface area contributed by atoms with Crippen molar-refractivity contribution < 1.29 is 4.74 Å². The number of rotatable bonds is 5. The molecule has 0 heterocycles. The molecule has 1 aliphatic rings. The standard InChI is InChI=1S/C14H21NOS/c1-2-16-12-8-5-9-13(14(12)15)17-10-11-6-3-4-7-11/h5,8-9,11H,2-4,6-7,10,15H2,1H3. The van der Waals surface area contributed by atoms with Crippen molar-refractivity contribution in [3.63, 3.8) is 0 Å². The molecule has 0 spiro atoms. The number of nitrogens with two attached hydrogens (primary N) is 1. The van der Waals surface area contributed by atoms with Crippen molar-refractivity contribution in [1.29, 1.82) is 0 Å². The fourth-order valence-corrected chi connectivity index (χ4v) is 3.50. The van der Waals surface area contributed by atoms with E-state index >= 15 is 0 Å². The van der Waals surface area contributed by atoms with Gasteiger partial charge in [0.2, 0.25) is 0 Å². The predicted molar refractivity (Wildman–Crippen MR) is 74.7 cm³/mol. The van der Waals surface area contributed by atoms with Crippen molar-refractivity contribution in [2.24, 2.45) is 5.92 Å². The van der Waals surface area contributed by atoms with E-state index in [1.165, 1.54) is 36.3 Å². The van der Waals surface area contributed by atoms with Crippen molar-refractivity contribution in [3.8, 4) is 5.75 Å². The van der Waals surface area contributed by atoms with Gasteiger partial charge in [-0.25, -0.2) is 0 Å². The lowest BCUT2D eigenvalue weighted by Crippen LogP contribution is -2.00. The Hall–Kier alpha value is -0.830. The Labute approximate surface area is 108 Å². The van der Waals surface area contributed by atoms with Gasteiger partial charge in [-0.3, -0.25) is 0 Å². The Morgan fingerprint density at radius 1 is 1.35 bits per heavy atom. The summed E-state index contributed by atoms with van der Waals surface area (Å²) in [5, 5.41) is 0. The molecule has 1 saturated carbocycles. The second-order valence-corrected chi connectivity index (χ2v) is 5.62. The molecule has 94 valence electrons. The molecule has 0 aromatic heterocycles. The van der Waals surface area contributed by atoms with Crippen molar-refractivity contribution >= 4 is 17.4 Å². The average Bonchev–Trinajstić information content (AvgIpc) is 2.83. The third-order valence-electron chi connectivity index (χ3n) is 3.28. The van der Waals surface area contributed by atoms with E-state index < -0.39 is 0 Å². The largest absolute Gasteiger partial charge is 0.492 e. The Kier molecular flexibility index (Phi) is 4.60. The first-order chi connectivity index (χ1) is 8.31. The quantitative estimate of drug-likeness (QED) is 0.635. The average molecular weight is 251 g/mol. The van der Waals surface area contributed by atoms with Gasteiger partial charge in [-0.2, -0.15) is 0 Å². The number of para-hydroxylation sites is 1. The van der Waals surface area contributed by atoms with Crippen molar-refractivity contribution in [3.05, 3.63) is 18.2 Å². The lowest BCUT2D eigenvalue weighted by molar-refractivity contribution is 0.341. The zero-order valence-electron chi connectivity index (χ0n) is 10.4. The number of thioether (sulfide) groups is 1. The molecule has 2 rings (SSSR count). The third kappa shape index (κ3) is 3.32. The van der Waals surface area contributed by atoms with Crippen LogP contribution in [0.5, 0.6) is 5.75 Å². The summed E-state index contributed by atoms with van der Waals surface area (Å²) >= 11 is 1.88. The molecule has 0 radical (unpaired) electrons. The van der Waals surface area contributed by atoms with Gasteiger partial charge in [-0.05, 0) is 37.8 Å². The summed E-state index contributed by atoms with van der Waals surface area (Å²) in [5.41, 5.74) is 6.91. The van der Waals surface area contributed by atoms with Crippen molar-refractivity contribution in [2.45, 2.75) is 37.5 Å². The Morgan fingerprint density at radius 2 is 2.12 bits per heavy atom. The Balaban J connectivity index is 1.97. The van der Waals surface area contributed by atoms with E-state index in [2.05, 4.69) is 6.07 Å². The van der Waals surface area contributed by atoms with E-state index in [1.807, 2.05) is 30.8 Å². The maximum absolute atomic E-state index is 6.11. The molecule has 2 N–H and O–H groups in total. The van der Waals surface area contributed by atoms with E-state index in [4.69, 9.17) is 10.5 Å². The van der Waals surface area contributed by atoms with Crippen LogP contribution in [0.2, 0.25) is 0 Å². The molecule has 3 heteroatoms. The number of nitrogen functional groups attached to an aromatic ring is 1. The molecule has 0 aliphatic heterocycles. The molecule has 2 nitrogen and oxygen atoms in total. The first-order valence-corrected chi connectivity index (χ1v) is 7.44. The summed E-state index contributed by atoms with van der Waals surface area (Å²) in [6.45, 7) is 2.65. The van der Waals surface area contributed by atoms with E-state index in [0.29, 0.717) is 6.61 Å². The minimum atomic E-state index is 0.668. The summed E-state index contributed by atoms with van der Waals surface area (Å²) in [6, 6.07) is 6.06. The van der Waals surface area contributed by atoms with Crippen LogP contribution in [-0.4, -0.2) is 12.4 Å². The molecule has 17 heavy (non-hydrogen) atoms. The highest BCUT2D eigenvalue weighted by Gasteiger charge is 2.16. The highest BCUT2D eigenvalue weighted by Crippen LogP contribution is 2.36. The zero-order chi connectivity index (χ0) is 12.1. The highest BCUT2D eigenvalue weighted by atomic mass is 32.2. The summed E-state index contributed by atoms with van der Waals surface area (Å²) < 4.78 is 5.51. The second kappa shape index (κ2) is 6.20. The molecule has 0 saturated heterocycles. The van der Waals surface area contributed by atoms with Crippen LogP contribution in [0.3, 0.4) is 0 Å². The van der Waals surface area contributed by atoms with Gasteiger partial charge in [0.1, 0.15) is 5.75 Å². The number of hydrogen-bond acceptors (Lipinski definition) is 3. The van der Waals surface area contributed by atoms with Crippen molar-refractivity contribution in [1.82, 2.24) is 0 Å². The SMILES string of the molecule is CCOc1cccc(SCC2CCCC2)c1N. The van der Waals surface area contributed by atoms with E-state index in [9.17, 15) is 0 Å². The van der Waals surface area contributed by atoms with Gasteiger partial charge in [0, 0.05) is 10.6 Å². The molecule has 0 atom stereocenters. The van der Waals surface area contributed by atoms with Gasteiger partial charge in [-0.1, -0.05) is 18.9 Å². The van der Waals surface area contributed by atoms with Crippen LogP contribution in [-0.2, 0) is 0 Å². The first-order valence-electron chi connectivity index (χ1n) is 6.45. The van der Waals surface area contributed by atoms with Crippen molar-refractivity contribution in [2.75, 3.05) is 18.1 Å². The summed E-state index contributed by atoms with van der Waals surface area (Å²) in [7, 11) is 0. The molecule has 1 fully saturated rings. The third-order valence-corrected chi connectivity index (χ3v) is 4.58. The molecular formula is C14H21NOS. The van der Waals surface area contributed by atoms with Crippen LogP contribution in [0, 0.1) is 5.92 Å². The Bertz CT molecular complexity index is 361. The minimum Gasteiger partial charge on any atom is -0.492 e. The van der Waals surface area contributed by atoms with Gasteiger partial charge in [-0.15, -0.1) is 11.8 Å². The summed E-state index contributed by atoms with van der Waals surface area (Å²) in [4.78, 5) is 1.17. The predicted octanol–water partition coefficient (Wildman–Crippen LogP) is 3.95.